The third-order valence-corrected chi connectivity index (χ3v) is 1.85. The number of nitrogens with zero attached hydrogens (tertiary/aromatic N) is 2. The first-order valence-electron chi connectivity index (χ1n) is 3.93. The van der Waals surface area contributed by atoms with E-state index in [0.29, 0.717) is 5.82 Å². The van der Waals surface area contributed by atoms with E-state index < -0.39 is 5.28 Å². The van der Waals surface area contributed by atoms with Crippen LogP contribution in [-0.2, 0) is 11.7 Å². The van der Waals surface area contributed by atoms with Crippen LogP contribution in [0.4, 0.5) is 0 Å². The van der Waals surface area contributed by atoms with Crippen LogP contribution in [0.15, 0.2) is 12.4 Å². The average molecular weight is 183 g/mol. The van der Waals surface area contributed by atoms with Crippen LogP contribution in [-0.4, -0.2) is 9.97 Å². The molecule has 66 valence electrons. The average Bonchev–Trinajstić information content (AvgIpc) is 2.03. The van der Waals surface area contributed by atoms with Gasteiger partial charge in [0.15, 0.2) is 5.82 Å². The van der Waals surface area contributed by atoms with Crippen LogP contribution in [0, 0.1) is 0 Å². The molecule has 0 aromatic carbocycles. The molecule has 3 nitrogen and oxygen atoms in total. The molecule has 0 fully saturated rings. The van der Waals surface area contributed by atoms with Gasteiger partial charge in [-0.15, -0.1) is 9.24 Å². The van der Waals surface area contributed by atoms with Gasteiger partial charge in [-0.05, 0) is 18.9 Å². The molecule has 1 aromatic rings. The fourth-order valence-electron chi connectivity index (χ4n) is 0.816. The van der Waals surface area contributed by atoms with Crippen molar-refractivity contribution in [3.63, 3.8) is 0 Å². The monoisotopic (exact) mass is 183 g/mol. The minimum Gasteiger partial charge on any atom is -0.316 e. The molecule has 0 amide bonds. The van der Waals surface area contributed by atoms with Crippen LogP contribution in [0.2, 0.25) is 0 Å². The third kappa shape index (κ3) is 2.23. The van der Waals surface area contributed by atoms with E-state index in [9.17, 15) is 0 Å². The minimum absolute atomic E-state index is 0.522. The molecular formula is C8H14N3P. The molecule has 0 saturated heterocycles. The molecule has 1 aromatic heterocycles. The maximum absolute atomic E-state index is 5.79. The summed E-state index contributed by atoms with van der Waals surface area (Å²) >= 11 is 0. The van der Waals surface area contributed by atoms with Crippen LogP contribution in [0.5, 0.6) is 0 Å². The highest BCUT2D eigenvalue weighted by atomic mass is 31.0. The molecule has 12 heavy (non-hydrogen) atoms. The molecular weight excluding hydrogens is 169 g/mol. The Morgan fingerprint density at radius 2 is 2.00 bits per heavy atom. The first kappa shape index (κ1) is 9.56. The van der Waals surface area contributed by atoms with Crippen LogP contribution in [0.25, 0.3) is 0 Å². The van der Waals surface area contributed by atoms with Gasteiger partial charge in [-0.2, -0.15) is 0 Å². The summed E-state index contributed by atoms with van der Waals surface area (Å²) in [6.07, 6.45) is 4.59. The molecule has 0 spiro atoms. The maximum atomic E-state index is 5.79. The Bertz CT molecular complexity index is 250. The largest absolute Gasteiger partial charge is 0.316 e. The number of nitrogens with two attached hydrogens (primary N) is 1. The molecule has 1 rings (SSSR count). The fraction of sp³-hybridized carbons (Fsp3) is 0.500. The first-order valence-corrected chi connectivity index (χ1v) is 4.51. The Hall–Kier alpha value is -0.530. The second-order valence-electron chi connectivity index (χ2n) is 3.05. The van der Waals surface area contributed by atoms with Crippen molar-refractivity contribution in [2.24, 2.45) is 5.73 Å². The van der Waals surface area contributed by atoms with Crippen molar-refractivity contribution in [3.8, 4) is 0 Å². The zero-order valence-electron chi connectivity index (χ0n) is 7.41. The van der Waals surface area contributed by atoms with Crippen molar-refractivity contribution in [2.45, 2.75) is 25.5 Å². The van der Waals surface area contributed by atoms with Gasteiger partial charge in [-0.1, -0.05) is 6.92 Å². The summed E-state index contributed by atoms with van der Waals surface area (Å²) in [7, 11) is 2.51. The Kier molecular flexibility index (Phi) is 2.76. The molecule has 0 bridgehead atoms. The van der Waals surface area contributed by atoms with Gasteiger partial charge in [0.25, 0.3) is 0 Å². The van der Waals surface area contributed by atoms with Gasteiger partial charge >= 0.3 is 0 Å². The summed E-state index contributed by atoms with van der Waals surface area (Å²) in [5.41, 5.74) is 6.92. The van der Waals surface area contributed by atoms with E-state index in [1.54, 1.807) is 0 Å². The Morgan fingerprint density at radius 1 is 1.50 bits per heavy atom. The lowest BCUT2D eigenvalue weighted by Gasteiger charge is -2.15. The van der Waals surface area contributed by atoms with Gasteiger partial charge in [0.05, 0.1) is 5.28 Å². The molecule has 0 aliphatic carbocycles. The predicted octanol–water partition coefficient (Wildman–Crippen LogP) is 1.05. The minimum atomic E-state index is -0.522. The SMILES string of the molecule is CCc1cnc(C(C)(N)P)nc1. The number of rotatable bonds is 2. The van der Waals surface area contributed by atoms with Crippen molar-refractivity contribution < 1.29 is 0 Å². The fourth-order valence-corrected chi connectivity index (χ4v) is 0.965. The highest BCUT2D eigenvalue weighted by Gasteiger charge is 2.16. The lowest BCUT2D eigenvalue weighted by atomic mass is 10.2. The van der Waals surface area contributed by atoms with E-state index in [1.165, 1.54) is 0 Å². The van der Waals surface area contributed by atoms with Gasteiger partial charge in [0.1, 0.15) is 0 Å². The summed E-state index contributed by atoms with van der Waals surface area (Å²) in [6.45, 7) is 3.93. The molecule has 0 saturated carbocycles. The van der Waals surface area contributed by atoms with E-state index >= 15 is 0 Å². The van der Waals surface area contributed by atoms with E-state index in [0.717, 1.165) is 12.0 Å². The maximum Gasteiger partial charge on any atom is 0.151 e. The van der Waals surface area contributed by atoms with Crippen LogP contribution >= 0.6 is 9.24 Å². The third-order valence-electron chi connectivity index (χ3n) is 1.60. The topological polar surface area (TPSA) is 51.8 Å². The van der Waals surface area contributed by atoms with Crippen molar-refractivity contribution >= 4 is 9.24 Å². The van der Waals surface area contributed by atoms with Crippen molar-refractivity contribution in [1.82, 2.24) is 9.97 Å². The Balaban J connectivity index is 2.93. The highest BCUT2D eigenvalue weighted by molar-refractivity contribution is 7.18. The van der Waals surface area contributed by atoms with Gasteiger partial charge in [-0.25, -0.2) is 9.97 Å². The molecule has 2 unspecified atom stereocenters. The molecule has 2 N–H and O–H groups in total. The first-order chi connectivity index (χ1) is 5.54. The number of hydrogen-bond donors (Lipinski definition) is 1. The molecule has 2 atom stereocenters. The van der Waals surface area contributed by atoms with Gasteiger partial charge < -0.3 is 5.73 Å². The summed E-state index contributed by atoms with van der Waals surface area (Å²) in [4.78, 5) is 8.33. The Labute approximate surface area is 75.0 Å². The van der Waals surface area contributed by atoms with Crippen molar-refractivity contribution in [2.75, 3.05) is 0 Å². The van der Waals surface area contributed by atoms with E-state index in [2.05, 4.69) is 26.1 Å². The normalized spacial score (nSPS) is 15.7. The standard InChI is InChI=1S/C8H14N3P/c1-3-6-4-10-7(11-5-6)8(2,9)12/h4-5H,3,9,12H2,1-2H3. The quantitative estimate of drug-likeness (QED) is 0.697. The molecule has 0 aliphatic rings. The summed E-state index contributed by atoms with van der Waals surface area (Å²) in [5.74, 6) is 0.657. The molecule has 1 heterocycles. The van der Waals surface area contributed by atoms with Gasteiger partial charge in [0.2, 0.25) is 0 Å². The zero-order chi connectivity index (χ0) is 9.19. The van der Waals surface area contributed by atoms with Gasteiger partial charge in [-0.3, -0.25) is 0 Å². The van der Waals surface area contributed by atoms with Crippen molar-refractivity contribution in [3.05, 3.63) is 23.8 Å². The van der Waals surface area contributed by atoms with Crippen LogP contribution < -0.4 is 5.73 Å². The smallest absolute Gasteiger partial charge is 0.151 e. The summed E-state index contributed by atoms with van der Waals surface area (Å²) in [6, 6.07) is 0. The van der Waals surface area contributed by atoms with Crippen molar-refractivity contribution in [1.29, 1.82) is 0 Å². The van der Waals surface area contributed by atoms with Crippen LogP contribution in [0.3, 0.4) is 0 Å². The summed E-state index contributed by atoms with van der Waals surface area (Å²) in [5, 5.41) is -0.522. The van der Waals surface area contributed by atoms with E-state index in [-0.39, 0.29) is 0 Å². The van der Waals surface area contributed by atoms with E-state index in [1.807, 2.05) is 19.3 Å². The second kappa shape index (κ2) is 3.46. The zero-order valence-corrected chi connectivity index (χ0v) is 8.57. The molecule has 0 radical (unpaired) electrons. The summed E-state index contributed by atoms with van der Waals surface area (Å²) < 4.78 is 0. The predicted molar refractivity (Wildman–Crippen MR) is 52.7 cm³/mol. The lowest BCUT2D eigenvalue weighted by molar-refractivity contribution is 0.669. The number of aryl methyl sites for hydroxylation is 1. The number of hydrogen-bond acceptors (Lipinski definition) is 3. The van der Waals surface area contributed by atoms with E-state index in [4.69, 9.17) is 5.73 Å². The lowest BCUT2D eigenvalue weighted by Crippen LogP contribution is -2.27. The highest BCUT2D eigenvalue weighted by Crippen LogP contribution is 2.20. The Morgan fingerprint density at radius 3 is 2.33 bits per heavy atom. The number of aromatic nitrogens is 2. The second-order valence-corrected chi connectivity index (χ2v) is 4.25. The van der Waals surface area contributed by atoms with Gasteiger partial charge in [0, 0.05) is 12.4 Å². The molecule has 0 aliphatic heterocycles. The molecule has 4 heteroatoms. The van der Waals surface area contributed by atoms with Crippen LogP contribution in [0.1, 0.15) is 25.2 Å².